The van der Waals surface area contributed by atoms with E-state index in [1.165, 1.54) is 21.3 Å². The van der Waals surface area contributed by atoms with Crippen LogP contribution in [-0.2, 0) is 0 Å². The molecule has 2 heterocycles. The molecule has 3 aromatic rings. The van der Waals surface area contributed by atoms with E-state index >= 15 is 0 Å². The minimum absolute atomic E-state index is 0.0913. The summed E-state index contributed by atoms with van der Waals surface area (Å²) >= 11 is 0. The second kappa shape index (κ2) is 7.98. The fourth-order valence-corrected chi connectivity index (χ4v) is 4.21. The maximum Gasteiger partial charge on any atom is 0.290 e. The van der Waals surface area contributed by atoms with Gasteiger partial charge in [0.2, 0.25) is 11.5 Å². The van der Waals surface area contributed by atoms with Crippen LogP contribution in [0.3, 0.4) is 0 Å². The van der Waals surface area contributed by atoms with Gasteiger partial charge in [-0.15, -0.1) is 0 Å². The SMILES string of the molecule is CCCN1C(=O)c2oc3ccc(C)cc3c(=O)c2[C@@H]1c1cc(OC)c(OC)c(OC)c1. The van der Waals surface area contributed by atoms with Crippen molar-refractivity contribution in [2.75, 3.05) is 27.9 Å². The van der Waals surface area contributed by atoms with Gasteiger partial charge in [0.15, 0.2) is 16.9 Å². The van der Waals surface area contributed by atoms with E-state index in [2.05, 4.69) is 0 Å². The molecule has 7 nitrogen and oxygen atoms in total. The summed E-state index contributed by atoms with van der Waals surface area (Å²) in [4.78, 5) is 28.5. The quantitative estimate of drug-likeness (QED) is 0.594. The first-order valence-corrected chi connectivity index (χ1v) is 10.1. The fraction of sp³-hybridized carbons (Fsp3) is 0.333. The smallest absolute Gasteiger partial charge is 0.290 e. The molecule has 0 spiro atoms. The number of carbonyl (C=O) groups excluding carboxylic acids is 1. The second-order valence-corrected chi connectivity index (χ2v) is 7.53. The standard InChI is InChI=1S/C24H25NO6/c1-6-9-25-20(14-11-17(28-3)22(30-5)18(12-14)29-4)19-21(26)15-10-13(2)7-8-16(15)31-23(19)24(25)27/h7-8,10-12,20H,6,9H2,1-5H3/t20-/m0/s1. The largest absolute Gasteiger partial charge is 0.493 e. The number of hydrogen-bond donors (Lipinski definition) is 0. The number of benzene rings is 2. The molecule has 1 atom stereocenters. The number of aryl methyl sites for hydroxylation is 1. The topological polar surface area (TPSA) is 78.2 Å². The lowest BCUT2D eigenvalue weighted by Crippen LogP contribution is -2.30. The summed E-state index contributed by atoms with van der Waals surface area (Å²) in [6.45, 7) is 4.37. The van der Waals surface area contributed by atoms with E-state index in [0.717, 1.165) is 12.0 Å². The highest BCUT2D eigenvalue weighted by Crippen LogP contribution is 2.45. The third-order valence-corrected chi connectivity index (χ3v) is 5.59. The van der Waals surface area contributed by atoms with Gasteiger partial charge in [-0.3, -0.25) is 9.59 Å². The summed E-state index contributed by atoms with van der Waals surface area (Å²) in [7, 11) is 4.59. The highest BCUT2D eigenvalue weighted by Gasteiger charge is 2.43. The Labute approximate surface area is 180 Å². The van der Waals surface area contributed by atoms with E-state index in [4.69, 9.17) is 18.6 Å². The Balaban J connectivity index is 2.02. The lowest BCUT2D eigenvalue weighted by atomic mass is 9.97. The molecule has 0 fully saturated rings. The fourth-order valence-electron chi connectivity index (χ4n) is 4.21. The van der Waals surface area contributed by atoms with Gasteiger partial charge in [0.25, 0.3) is 5.91 Å². The number of fused-ring (bicyclic) bond motifs is 2. The highest BCUT2D eigenvalue weighted by atomic mass is 16.5. The molecule has 0 unspecified atom stereocenters. The molecule has 0 saturated carbocycles. The van der Waals surface area contributed by atoms with Gasteiger partial charge in [-0.2, -0.15) is 0 Å². The molecule has 4 rings (SSSR count). The molecule has 162 valence electrons. The van der Waals surface area contributed by atoms with Crippen LogP contribution in [0.4, 0.5) is 0 Å². The zero-order chi connectivity index (χ0) is 22.3. The number of methoxy groups -OCH3 is 3. The Morgan fingerprint density at radius 3 is 2.26 bits per heavy atom. The lowest BCUT2D eigenvalue weighted by molar-refractivity contribution is 0.0727. The van der Waals surface area contributed by atoms with Crippen molar-refractivity contribution < 1.29 is 23.4 Å². The molecule has 0 bridgehead atoms. The molecule has 0 N–H and O–H groups in total. The number of ether oxygens (including phenoxy) is 3. The zero-order valence-electron chi connectivity index (χ0n) is 18.3. The van der Waals surface area contributed by atoms with Gasteiger partial charge < -0.3 is 23.5 Å². The summed E-state index contributed by atoms with van der Waals surface area (Å²) in [6.07, 6.45) is 0.730. The van der Waals surface area contributed by atoms with Crippen molar-refractivity contribution in [2.45, 2.75) is 26.3 Å². The molecule has 0 aliphatic carbocycles. The molecule has 1 aromatic heterocycles. The van der Waals surface area contributed by atoms with Crippen molar-refractivity contribution in [3.8, 4) is 17.2 Å². The van der Waals surface area contributed by atoms with Gasteiger partial charge in [0, 0.05) is 6.54 Å². The molecule has 2 aromatic carbocycles. The van der Waals surface area contributed by atoms with Gasteiger partial charge in [-0.25, -0.2) is 0 Å². The molecule has 1 aliphatic heterocycles. The average molecular weight is 423 g/mol. The van der Waals surface area contributed by atoms with Gasteiger partial charge in [-0.1, -0.05) is 18.6 Å². The number of amides is 1. The average Bonchev–Trinajstić information content (AvgIpc) is 3.05. The summed E-state index contributed by atoms with van der Waals surface area (Å²) < 4.78 is 22.4. The Morgan fingerprint density at radius 1 is 1.00 bits per heavy atom. The van der Waals surface area contributed by atoms with Gasteiger partial charge >= 0.3 is 0 Å². The van der Waals surface area contributed by atoms with Crippen LogP contribution < -0.4 is 19.6 Å². The van der Waals surface area contributed by atoms with Crippen molar-refractivity contribution in [3.63, 3.8) is 0 Å². The van der Waals surface area contributed by atoms with Crippen LogP contribution in [0, 0.1) is 6.92 Å². The van der Waals surface area contributed by atoms with E-state index in [1.807, 2.05) is 19.9 Å². The molecule has 7 heteroatoms. The first-order chi connectivity index (χ1) is 14.9. The van der Waals surface area contributed by atoms with Crippen molar-refractivity contribution in [1.29, 1.82) is 0 Å². The maximum atomic E-state index is 13.6. The van der Waals surface area contributed by atoms with Gasteiger partial charge in [-0.05, 0) is 43.2 Å². The van der Waals surface area contributed by atoms with E-state index in [9.17, 15) is 9.59 Å². The third kappa shape index (κ3) is 3.21. The van der Waals surface area contributed by atoms with E-state index < -0.39 is 6.04 Å². The number of nitrogens with zero attached hydrogens (tertiary/aromatic N) is 1. The first kappa shape index (κ1) is 20.8. The molecule has 31 heavy (non-hydrogen) atoms. The van der Waals surface area contributed by atoms with Gasteiger partial charge in [0.05, 0.1) is 38.3 Å². The van der Waals surface area contributed by atoms with Crippen molar-refractivity contribution in [3.05, 3.63) is 63.0 Å². The summed E-state index contributed by atoms with van der Waals surface area (Å²) in [6, 6.07) is 8.32. The Bertz CT molecular complexity index is 1200. The van der Waals surface area contributed by atoms with E-state index in [1.54, 1.807) is 29.2 Å². The van der Waals surface area contributed by atoms with Gasteiger partial charge in [0.1, 0.15) is 5.58 Å². The maximum absolute atomic E-state index is 13.6. The van der Waals surface area contributed by atoms with Crippen molar-refractivity contribution in [1.82, 2.24) is 4.90 Å². The zero-order valence-corrected chi connectivity index (χ0v) is 18.3. The van der Waals surface area contributed by atoms with Crippen LogP contribution in [0.25, 0.3) is 11.0 Å². The van der Waals surface area contributed by atoms with Crippen LogP contribution in [0.5, 0.6) is 17.2 Å². The minimum atomic E-state index is -0.614. The second-order valence-electron chi connectivity index (χ2n) is 7.53. The predicted molar refractivity (Wildman–Crippen MR) is 116 cm³/mol. The predicted octanol–water partition coefficient (Wildman–Crippen LogP) is 4.08. The summed E-state index contributed by atoms with van der Waals surface area (Å²) in [5.74, 6) is 1.15. The number of rotatable bonds is 6. The van der Waals surface area contributed by atoms with Crippen LogP contribution in [0.15, 0.2) is 39.5 Å². The molecular formula is C24H25NO6. The number of hydrogen-bond acceptors (Lipinski definition) is 6. The van der Waals surface area contributed by atoms with Crippen LogP contribution >= 0.6 is 0 Å². The Morgan fingerprint density at radius 2 is 1.68 bits per heavy atom. The van der Waals surface area contributed by atoms with Crippen LogP contribution in [0.2, 0.25) is 0 Å². The first-order valence-electron chi connectivity index (χ1n) is 10.1. The van der Waals surface area contributed by atoms with Crippen LogP contribution in [-0.4, -0.2) is 38.7 Å². The lowest BCUT2D eigenvalue weighted by Gasteiger charge is -2.26. The van der Waals surface area contributed by atoms with E-state index in [-0.39, 0.29) is 17.1 Å². The van der Waals surface area contributed by atoms with Crippen molar-refractivity contribution in [2.24, 2.45) is 0 Å². The minimum Gasteiger partial charge on any atom is -0.493 e. The monoisotopic (exact) mass is 423 g/mol. The van der Waals surface area contributed by atoms with Crippen molar-refractivity contribution >= 4 is 16.9 Å². The van der Waals surface area contributed by atoms with E-state index in [0.29, 0.717) is 45.9 Å². The molecular weight excluding hydrogens is 398 g/mol. The normalized spacial score (nSPS) is 15.3. The Hall–Kier alpha value is -3.48. The summed E-state index contributed by atoms with van der Waals surface area (Å²) in [5.41, 5.74) is 2.18. The molecule has 1 aliphatic rings. The molecule has 0 radical (unpaired) electrons. The molecule has 1 amide bonds. The Kier molecular flexibility index (Phi) is 5.35. The molecule has 0 saturated heterocycles. The summed E-state index contributed by atoms with van der Waals surface area (Å²) in [5, 5.41) is 0.461. The third-order valence-electron chi connectivity index (χ3n) is 5.59. The highest BCUT2D eigenvalue weighted by molar-refractivity contribution is 5.99. The van der Waals surface area contributed by atoms with Crippen LogP contribution in [0.1, 0.15) is 46.6 Å². The number of carbonyl (C=O) groups is 1.